The van der Waals surface area contributed by atoms with Gasteiger partial charge in [0, 0.05) is 19.1 Å². The number of aromatic nitrogens is 2. The van der Waals surface area contributed by atoms with Crippen LogP contribution in [0.25, 0.3) is 0 Å². The minimum absolute atomic E-state index is 0.0729. The molecule has 1 fully saturated rings. The number of carbonyl (C=O) groups excluding carboxylic acids is 2. The molecule has 23 heavy (non-hydrogen) atoms. The van der Waals surface area contributed by atoms with E-state index >= 15 is 0 Å². The highest BCUT2D eigenvalue weighted by Gasteiger charge is 2.32. The summed E-state index contributed by atoms with van der Waals surface area (Å²) in [4.78, 5) is 26.5. The second-order valence-electron chi connectivity index (χ2n) is 5.81. The maximum atomic E-state index is 12.5. The summed E-state index contributed by atoms with van der Waals surface area (Å²) in [6, 6.07) is 0.192. The van der Waals surface area contributed by atoms with E-state index < -0.39 is 0 Å². The lowest BCUT2D eigenvalue weighted by Crippen LogP contribution is -2.50. The van der Waals surface area contributed by atoms with Crippen LogP contribution >= 0.6 is 23.1 Å². The number of unbranched alkanes of at least 4 members (excludes halogenated alkanes) is 1. The summed E-state index contributed by atoms with van der Waals surface area (Å²) in [6.45, 7) is 5.40. The molecule has 2 rings (SSSR count). The number of nitrogens with one attached hydrogen (secondary N) is 1. The highest BCUT2D eigenvalue weighted by Crippen LogP contribution is 2.25. The second-order valence-corrected chi connectivity index (χ2v) is 7.86. The third-order valence-corrected chi connectivity index (χ3v) is 5.91. The molecule has 1 aromatic heterocycles. The van der Waals surface area contributed by atoms with Gasteiger partial charge in [-0.2, -0.15) is 0 Å². The van der Waals surface area contributed by atoms with E-state index in [2.05, 4.69) is 29.4 Å². The fraction of sp³-hybridized carbons (Fsp3) is 0.733. The molecule has 0 bridgehead atoms. The summed E-state index contributed by atoms with van der Waals surface area (Å²) >= 11 is 2.85. The number of piperidine rings is 1. The van der Waals surface area contributed by atoms with Crippen LogP contribution in [-0.2, 0) is 9.59 Å². The van der Waals surface area contributed by atoms with Crippen LogP contribution < -0.4 is 5.32 Å². The largest absolute Gasteiger partial charge is 0.356 e. The van der Waals surface area contributed by atoms with Crippen molar-refractivity contribution in [1.29, 1.82) is 0 Å². The zero-order chi connectivity index (χ0) is 16.7. The number of hydrogen-bond donors (Lipinski definition) is 1. The zero-order valence-electron chi connectivity index (χ0n) is 13.7. The van der Waals surface area contributed by atoms with Gasteiger partial charge in [-0.3, -0.25) is 9.59 Å². The van der Waals surface area contributed by atoms with Crippen molar-refractivity contribution in [3.63, 3.8) is 0 Å². The molecule has 2 unspecified atom stereocenters. The van der Waals surface area contributed by atoms with Crippen LogP contribution in [0, 0.1) is 5.92 Å². The van der Waals surface area contributed by atoms with Gasteiger partial charge in [0.1, 0.15) is 5.51 Å². The van der Waals surface area contributed by atoms with E-state index in [0.717, 1.165) is 36.6 Å². The molecule has 1 aliphatic rings. The number of nitrogens with zero attached hydrogens (tertiary/aromatic N) is 3. The highest BCUT2D eigenvalue weighted by atomic mass is 32.2. The van der Waals surface area contributed by atoms with Crippen LogP contribution in [0.5, 0.6) is 0 Å². The molecule has 1 aliphatic heterocycles. The fourth-order valence-electron chi connectivity index (χ4n) is 2.63. The molecule has 8 heteroatoms. The average Bonchev–Trinajstić information content (AvgIpc) is 3.06. The van der Waals surface area contributed by atoms with Gasteiger partial charge in [0.05, 0.1) is 11.7 Å². The van der Waals surface area contributed by atoms with Gasteiger partial charge in [-0.1, -0.05) is 36.4 Å². The van der Waals surface area contributed by atoms with Gasteiger partial charge >= 0.3 is 0 Å². The molecule has 2 heterocycles. The van der Waals surface area contributed by atoms with Gasteiger partial charge in [-0.15, -0.1) is 10.2 Å². The van der Waals surface area contributed by atoms with Crippen molar-refractivity contribution < 1.29 is 9.59 Å². The molecular formula is C15H24N4O2S2. The lowest BCUT2D eigenvalue weighted by Gasteiger charge is -2.37. The Morgan fingerprint density at radius 3 is 3.00 bits per heavy atom. The summed E-state index contributed by atoms with van der Waals surface area (Å²) in [5.74, 6) is 0.422. The summed E-state index contributed by atoms with van der Waals surface area (Å²) < 4.78 is 0.803. The average molecular weight is 357 g/mol. The Morgan fingerprint density at radius 2 is 2.30 bits per heavy atom. The smallest absolute Gasteiger partial charge is 0.233 e. The predicted molar refractivity (Wildman–Crippen MR) is 92.4 cm³/mol. The van der Waals surface area contributed by atoms with Gasteiger partial charge in [0.15, 0.2) is 4.34 Å². The Hall–Kier alpha value is -1.15. The molecule has 0 aromatic carbocycles. The Bertz CT molecular complexity index is 510. The van der Waals surface area contributed by atoms with Crippen LogP contribution in [0.4, 0.5) is 0 Å². The minimum Gasteiger partial charge on any atom is -0.356 e. The summed E-state index contributed by atoms with van der Waals surface area (Å²) in [6.07, 6.45) is 3.79. The number of thioether (sulfide) groups is 1. The van der Waals surface area contributed by atoms with Crippen molar-refractivity contribution >= 4 is 34.9 Å². The number of hydrogen-bond acceptors (Lipinski definition) is 6. The first-order chi connectivity index (χ1) is 11.1. The van der Waals surface area contributed by atoms with Crippen molar-refractivity contribution in [3.8, 4) is 0 Å². The van der Waals surface area contributed by atoms with Crippen molar-refractivity contribution in [2.24, 2.45) is 5.92 Å². The number of likely N-dealkylation sites (tertiary alicyclic amines) is 1. The van der Waals surface area contributed by atoms with Crippen molar-refractivity contribution in [2.45, 2.75) is 49.9 Å². The van der Waals surface area contributed by atoms with Gasteiger partial charge in [0.25, 0.3) is 0 Å². The maximum Gasteiger partial charge on any atom is 0.233 e. The van der Waals surface area contributed by atoms with Crippen LogP contribution in [0.3, 0.4) is 0 Å². The van der Waals surface area contributed by atoms with E-state index in [1.54, 1.807) is 5.51 Å². The molecule has 0 aliphatic carbocycles. The van der Waals surface area contributed by atoms with E-state index in [1.807, 2.05) is 4.90 Å². The second kappa shape index (κ2) is 9.22. The molecule has 2 atom stereocenters. The molecule has 1 saturated heterocycles. The Morgan fingerprint density at radius 1 is 1.48 bits per heavy atom. The molecule has 0 spiro atoms. The van der Waals surface area contributed by atoms with Crippen LogP contribution in [0.15, 0.2) is 9.85 Å². The first-order valence-electron chi connectivity index (χ1n) is 8.08. The summed E-state index contributed by atoms with van der Waals surface area (Å²) in [5, 5.41) is 10.7. The van der Waals surface area contributed by atoms with E-state index in [0.29, 0.717) is 12.3 Å². The summed E-state index contributed by atoms with van der Waals surface area (Å²) in [5.41, 5.74) is 1.66. The van der Waals surface area contributed by atoms with Gasteiger partial charge in [0.2, 0.25) is 11.8 Å². The fourth-order valence-corrected chi connectivity index (χ4v) is 4.01. The van der Waals surface area contributed by atoms with Crippen LogP contribution in [0.1, 0.15) is 39.5 Å². The van der Waals surface area contributed by atoms with E-state index in [-0.39, 0.29) is 23.8 Å². The highest BCUT2D eigenvalue weighted by molar-refractivity contribution is 8.01. The quantitative estimate of drug-likeness (QED) is 0.599. The van der Waals surface area contributed by atoms with Crippen LogP contribution in [0.2, 0.25) is 0 Å². The lowest BCUT2D eigenvalue weighted by molar-refractivity contribution is -0.136. The molecule has 2 amide bonds. The molecule has 6 nitrogen and oxygen atoms in total. The number of amides is 2. The van der Waals surface area contributed by atoms with Gasteiger partial charge in [-0.05, 0) is 26.2 Å². The minimum atomic E-state index is -0.0847. The Balaban J connectivity index is 1.84. The molecule has 1 N–H and O–H groups in total. The first kappa shape index (κ1) is 18.2. The number of rotatable bonds is 7. The Labute approximate surface area is 145 Å². The molecular weight excluding hydrogens is 332 g/mol. The first-order valence-corrected chi connectivity index (χ1v) is 9.94. The van der Waals surface area contributed by atoms with Crippen molar-refractivity contribution in [3.05, 3.63) is 5.51 Å². The predicted octanol–water partition coefficient (Wildman–Crippen LogP) is 2.17. The monoisotopic (exact) mass is 356 g/mol. The number of carbonyl (C=O) groups is 2. The molecule has 1 aromatic rings. The summed E-state index contributed by atoms with van der Waals surface area (Å²) in [7, 11) is 0. The van der Waals surface area contributed by atoms with E-state index in [9.17, 15) is 9.59 Å². The van der Waals surface area contributed by atoms with Gasteiger partial charge < -0.3 is 10.2 Å². The standard InChI is InChI=1S/C15H24N4O2S2/c1-3-4-7-16-14(21)12-6-5-11(2)19(8-12)13(20)9-22-15-18-17-10-23-15/h10-12H,3-9H2,1-2H3,(H,16,21). The third kappa shape index (κ3) is 5.46. The lowest BCUT2D eigenvalue weighted by atomic mass is 9.92. The van der Waals surface area contributed by atoms with Gasteiger partial charge in [-0.25, -0.2) is 0 Å². The molecule has 128 valence electrons. The van der Waals surface area contributed by atoms with Crippen molar-refractivity contribution in [2.75, 3.05) is 18.8 Å². The SMILES string of the molecule is CCCCNC(=O)C1CCC(C)N(C(=O)CSc2nncs2)C1. The zero-order valence-corrected chi connectivity index (χ0v) is 15.3. The van der Waals surface area contributed by atoms with E-state index in [4.69, 9.17) is 0 Å². The normalized spacial score (nSPS) is 21.2. The Kier molecular flexibility index (Phi) is 7.29. The van der Waals surface area contributed by atoms with Crippen molar-refractivity contribution in [1.82, 2.24) is 20.4 Å². The topological polar surface area (TPSA) is 75.2 Å². The third-order valence-electron chi connectivity index (χ3n) is 4.06. The maximum absolute atomic E-state index is 12.5. The van der Waals surface area contributed by atoms with E-state index in [1.165, 1.54) is 23.1 Å². The molecule has 0 saturated carbocycles. The molecule has 0 radical (unpaired) electrons. The van der Waals surface area contributed by atoms with Crippen LogP contribution in [-0.4, -0.2) is 51.8 Å².